The molecular weight excluding hydrogens is 345 g/mol. The molecule has 2 saturated carbocycles. The molecule has 3 heterocycles. The van der Waals surface area contributed by atoms with Gasteiger partial charge in [-0.1, -0.05) is 12.1 Å². The molecule has 138 valence electrons. The van der Waals surface area contributed by atoms with Crippen LogP contribution in [0.2, 0.25) is 0 Å². The molecule has 7 heteroatoms. The van der Waals surface area contributed by atoms with Gasteiger partial charge in [-0.2, -0.15) is 4.52 Å². The van der Waals surface area contributed by atoms with Gasteiger partial charge in [0, 0.05) is 13.7 Å². The van der Waals surface area contributed by atoms with E-state index in [1.165, 1.54) is 18.9 Å². The third kappa shape index (κ3) is 2.06. The monoisotopic (exact) mass is 365 g/mol. The van der Waals surface area contributed by atoms with Crippen LogP contribution in [0, 0.1) is 23.6 Å². The van der Waals surface area contributed by atoms with E-state index in [9.17, 15) is 4.39 Å². The van der Waals surface area contributed by atoms with Crippen LogP contribution in [-0.2, 0) is 4.74 Å². The smallest absolute Gasteiger partial charge is 0.188 e. The highest BCUT2D eigenvalue weighted by Crippen LogP contribution is 2.56. The number of benzene rings is 1. The van der Waals surface area contributed by atoms with Crippen molar-refractivity contribution in [3.05, 3.63) is 42.2 Å². The third-order valence-corrected chi connectivity index (χ3v) is 6.75. The Kier molecular flexibility index (Phi) is 3.15. The first-order valence-corrected chi connectivity index (χ1v) is 9.51. The second-order valence-corrected chi connectivity index (χ2v) is 7.96. The van der Waals surface area contributed by atoms with Gasteiger partial charge >= 0.3 is 0 Å². The molecule has 6 nitrogen and oxygen atoms in total. The van der Waals surface area contributed by atoms with E-state index in [-0.39, 0.29) is 11.9 Å². The van der Waals surface area contributed by atoms with E-state index < -0.39 is 0 Å². The van der Waals surface area contributed by atoms with Crippen LogP contribution < -0.4 is 4.90 Å². The summed E-state index contributed by atoms with van der Waals surface area (Å²) in [4.78, 5) is 2.39. The molecule has 0 radical (unpaired) electrons. The average molecular weight is 365 g/mol. The van der Waals surface area contributed by atoms with Gasteiger partial charge in [0.2, 0.25) is 0 Å². The van der Waals surface area contributed by atoms with Gasteiger partial charge in [-0.15, -0.1) is 15.3 Å². The van der Waals surface area contributed by atoms with Crippen molar-refractivity contribution in [3.63, 3.8) is 0 Å². The van der Waals surface area contributed by atoms with Crippen LogP contribution in [0.4, 0.5) is 10.2 Å². The molecule has 3 fully saturated rings. The lowest BCUT2D eigenvalue weighted by Crippen LogP contribution is -2.42. The first kappa shape index (κ1) is 15.5. The molecule has 2 aromatic heterocycles. The lowest BCUT2D eigenvalue weighted by Gasteiger charge is -2.31. The minimum Gasteiger partial charge on any atom is -0.379 e. The van der Waals surface area contributed by atoms with E-state index in [0.717, 1.165) is 18.3 Å². The number of halogens is 1. The van der Waals surface area contributed by atoms with Gasteiger partial charge in [-0.25, -0.2) is 4.39 Å². The molecule has 1 saturated heterocycles. The fourth-order valence-corrected chi connectivity index (χ4v) is 5.72. The molecule has 1 aliphatic heterocycles. The third-order valence-electron chi connectivity index (χ3n) is 6.75. The van der Waals surface area contributed by atoms with E-state index in [0.29, 0.717) is 34.9 Å². The maximum atomic E-state index is 14.3. The van der Waals surface area contributed by atoms with Gasteiger partial charge in [-0.3, -0.25) is 0 Å². The molecule has 0 spiro atoms. The van der Waals surface area contributed by atoms with E-state index in [1.54, 1.807) is 22.7 Å². The number of hydrogen-bond acceptors (Lipinski definition) is 5. The van der Waals surface area contributed by atoms with Crippen LogP contribution in [0.3, 0.4) is 0 Å². The van der Waals surface area contributed by atoms with Crippen molar-refractivity contribution in [1.82, 2.24) is 19.8 Å². The summed E-state index contributed by atoms with van der Waals surface area (Å²) in [6.07, 6.45) is 2.80. The van der Waals surface area contributed by atoms with Crippen LogP contribution in [0.25, 0.3) is 17.0 Å². The summed E-state index contributed by atoms with van der Waals surface area (Å²) >= 11 is 0. The zero-order valence-electron chi connectivity index (χ0n) is 15.0. The number of hydrogen-bond donors (Lipinski definition) is 0. The lowest BCUT2D eigenvalue weighted by atomic mass is 9.88. The molecule has 3 aliphatic rings. The van der Waals surface area contributed by atoms with Gasteiger partial charge in [-0.05, 0) is 54.9 Å². The second kappa shape index (κ2) is 5.48. The number of anilines is 1. The first-order chi connectivity index (χ1) is 13.2. The predicted octanol–water partition coefficient (Wildman–Crippen LogP) is 2.79. The van der Waals surface area contributed by atoms with Crippen LogP contribution in [0.15, 0.2) is 36.4 Å². The lowest BCUT2D eigenvalue weighted by molar-refractivity contribution is 0.0446. The van der Waals surface area contributed by atoms with E-state index in [1.807, 2.05) is 19.2 Å². The maximum Gasteiger partial charge on any atom is 0.188 e. The molecule has 6 rings (SSSR count). The Morgan fingerprint density at radius 1 is 1.07 bits per heavy atom. The van der Waals surface area contributed by atoms with E-state index in [4.69, 9.17) is 9.84 Å². The molecule has 2 bridgehead atoms. The van der Waals surface area contributed by atoms with Gasteiger partial charge in [0.25, 0.3) is 0 Å². The SMILES string of the molecule is CO[C@@H]1[C@H]2C[C@H]3CN(c4ccc5nnc(-c6ccccc6F)n5n4)[C@H]1[C@H]3C2. The zero-order valence-corrected chi connectivity index (χ0v) is 15.0. The summed E-state index contributed by atoms with van der Waals surface area (Å²) in [5.74, 6) is 3.10. The van der Waals surface area contributed by atoms with Gasteiger partial charge in [0.15, 0.2) is 11.5 Å². The standard InChI is InChI=1S/C20H20FN5O/c1-27-19-11-8-12-10-25(18(19)14(12)9-11)17-7-6-16-22-23-20(26(16)24-17)13-4-2-3-5-15(13)21/h2-7,11-12,14,18-19H,8-10H2,1H3/t11-,12-,14-,18-,19+/m0/s1. The van der Waals surface area contributed by atoms with E-state index >= 15 is 0 Å². The molecule has 0 unspecified atom stereocenters. The summed E-state index contributed by atoms with van der Waals surface area (Å²) in [6.45, 7) is 1.02. The summed E-state index contributed by atoms with van der Waals surface area (Å²) in [5.41, 5.74) is 1.03. The quantitative estimate of drug-likeness (QED) is 0.714. The van der Waals surface area contributed by atoms with Crippen LogP contribution >= 0.6 is 0 Å². The maximum absolute atomic E-state index is 14.3. The van der Waals surface area contributed by atoms with Crippen molar-refractivity contribution in [2.45, 2.75) is 25.0 Å². The Hall–Kier alpha value is -2.54. The number of ether oxygens (including phenoxy) is 1. The summed E-state index contributed by atoms with van der Waals surface area (Å²) < 4.78 is 21.8. The highest BCUT2D eigenvalue weighted by molar-refractivity contribution is 5.60. The molecule has 5 atom stereocenters. The molecule has 3 aromatic rings. The fourth-order valence-electron chi connectivity index (χ4n) is 5.72. The van der Waals surface area contributed by atoms with Crippen molar-refractivity contribution in [3.8, 4) is 11.4 Å². The molecule has 2 aliphatic carbocycles. The summed E-state index contributed by atoms with van der Waals surface area (Å²) in [5, 5.41) is 13.2. The molecule has 27 heavy (non-hydrogen) atoms. The Labute approximate surface area is 156 Å². The largest absolute Gasteiger partial charge is 0.379 e. The van der Waals surface area contributed by atoms with Crippen molar-refractivity contribution in [2.24, 2.45) is 17.8 Å². The van der Waals surface area contributed by atoms with Crippen LogP contribution in [-0.4, -0.2) is 45.6 Å². The van der Waals surface area contributed by atoms with Gasteiger partial charge in [0.05, 0.1) is 17.7 Å². The van der Waals surface area contributed by atoms with Crippen molar-refractivity contribution < 1.29 is 9.13 Å². The topological polar surface area (TPSA) is 55.5 Å². The Bertz CT molecular complexity index is 1030. The number of aromatic nitrogens is 4. The number of rotatable bonds is 3. The first-order valence-electron chi connectivity index (χ1n) is 9.51. The average Bonchev–Trinajstić information content (AvgIpc) is 3.40. The minimum atomic E-state index is -0.323. The number of fused-ring (bicyclic) bond motifs is 2. The highest BCUT2D eigenvalue weighted by Gasteiger charge is 2.59. The summed E-state index contributed by atoms with van der Waals surface area (Å²) in [7, 11) is 1.82. The predicted molar refractivity (Wildman–Crippen MR) is 97.8 cm³/mol. The highest BCUT2D eigenvalue weighted by atomic mass is 19.1. The Morgan fingerprint density at radius 3 is 2.81 bits per heavy atom. The Morgan fingerprint density at radius 2 is 1.96 bits per heavy atom. The van der Waals surface area contributed by atoms with Gasteiger partial charge in [0.1, 0.15) is 11.6 Å². The van der Waals surface area contributed by atoms with Crippen molar-refractivity contribution >= 4 is 11.5 Å². The summed E-state index contributed by atoms with van der Waals surface area (Å²) in [6, 6.07) is 10.9. The van der Waals surface area contributed by atoms with Crippen LogP contribution in [0.5, 0.6) is 0 Å². The number of nitrogens with zero attached hydrogens (tertiary/aromatic N) is 5. The second-order valence-electron chi connectivity index (χ2n) is 7.96. The minimum absolute atomic E-state index is 0.276. The zero-order chi connectivity index (χ0) is 18.1. The van der Waals surface area contributed by atoms with Crippen molar-refractivity contribution in [1.29, 1.82) is 0 Å². The van der Waals surface area contributed by atoms with Crippen molar-refractivity contribution in [2.75, 3.05) is 18.6 Å². The molecule has 1 aromatic carbocycles. The molecule has 0 N–H and O–H groups in total. The number of methoxy groups -OCH3 is 1. The normalized spacial score (nSPS) is 31.3. The molecule has 0 amide bonds. The Balaban J connectivity index is 1.45. The van der Waals surface area contributed by atoms with Crippen LogP contribution in [0.1, 0.15) is 12.8 Å². The van der Waals surface area contributed by atoms with E-state index in [2.05, 4.69) is 15.1 Å². The fraction of sp³-hybridized carbons (Fsp3) is 0.450. The van der Waals surface area contributed by atoms with Gasteiger partial charge < -0.3 is 9.64 Å². The molecular formula is C20H20FN5O.